The first-order valence-corrected chi connectivity index (χ1v) is 10.9. The molecule has 0 heterocycles. The van der Waals surface area contributed by atoms with Gasteiger partial charge in [0.15, 0.2) is 13.2 Å². The second-order valence-electron chi connectivity index (χ2n) is 7.49. The van der Waals surface area contributed by atoms with E-state index in [0.717, 1.165) is 0 Å². The van der Waals surface area contributed by atoms with Gasteiger partial charge in [0.1, 0.15) is 23.0 Å². The van der Waals surface area contributed by atoms with Crippen molar-refractivity contribution in [3.63, 3.8) is 0 Å². The Labute approximate surface area is 207 Å². The summed E-state index contributed by atoms with van der Waals surface area (Å²) in [5.74, 6) is -2.75. The first-order valence-electron chi connectivity index (χ1n) is 9.79. The highest BCUT2D eigenvalue weighted by atomic mass is 35.5. The molecule has 0 atom stereocenters. The number of halogens is 2. The Balaban J connectivity index is 0. The van der Waals surface area contributed by atoms with Crippen LogP contribution >= 0.6 is 23.2 Å². The zero-order valence-electron chi connectivity index (χ0n) is 19.5. The van der Waals surface area contributed by atoms with Crippen molar-refractivity contribution in [2.75, 3.05) is 38.2 Å². The lowest BCUT2D eigenvalue weighted by molar-refractivity contribution is -0.166. The van der Waals surface area contributed by atoms with E-state index in [1.54, 1.807) is 27.7 Å². The fourth-order valence-corrected chi connectivity index (χ4v) is 2.01. The SMILES string of the molecule is CC(C)(CCOC(=O)CCl)OC(=O)CCl.CC(C)(CCOC(=O)COC=O)OC(=O)COC=O. The molecule has 0 aromatic rings. The molecule has 0 aliphatic heterocycles. The van der Waals surface area contributed by atoms with Gasteiger partial charge >= 0.3 is 23.9 Å². The van der Waals surface area contributed by atoms with Gasteiger partial charge in [0.05, 0.1) is 13.2 Å². The largest absolute Gasteiger partial charge is 0.465 e. The maximum atomic E-state index is 11.2. The quantitative estimate of drug-likeness (QED) is 0.121. The molecule has 0 spiro atoms. The number of carbonyl (C=O) groups is 6. The number of alkyl halides is 2. The molecule has 0 rings (SSSR count). The van der Waals surface area contributed by atoms with Crippen molar-refractivity contribution in [3.8, 4) is 0 Å². The van der Waals surface area contributed by atoms with Crippen LogP contribution in [0.1, 0.15) is 40.5 Å². The molecular formula is C20H30Cl2O12. The van der Waals surface area contributed by atoms with Crippen LogP contribution in [0, 0.1) is 0 Å². The lowest BCUT2D eigenvalue weighted by Gasteiger charge is -2.24. The molecule has 0 unspecified atom stereocenters. The molecule has 14 heteroatoms. The van der Waals surface area contributed by atoms with Crippen LogP contribution in [0.4, 0.5) is 0 Å². The van der Waals surface area contributed by atoms with Crippen LogP contribution in [-0.4, -0.2) is 86.2 Å². The highest BCUT2D eigenvalue weighted by Gasteiger charge is 2.24. The minimum atomic E-state index is -0.880. The van der Waals surface area contributed by atoms with E-state index in [0.29, 0.717) is 6.42 Å². The first kappa shape index (κ1) is 33.6. The number of esters is 4. The maximum absolute atomic E-state index is 11.2. The van der Waals surface area contributed by atoms with Gasteiger partial charge in [-0.05, 0) is 27.7 Å². The van der Waals surface area contributed by atoms with Gasteiger partial charge in [0, 0.05) is 12.8 Å². The molecular weight excluding hydrogens is 503 g/mol. The first-order chi connectivity index (χ1) is 15.8. The van der Waals surface area contributed by atoms with E-state index in [-0.39, 0.29) is 44.3 Å². The summed E-state index contributed by atoms with van der Waals surface area (Å²) in [6, 6.07) is 0. The molecule has 0 aromatic carbocycles. The summed E-state index contributed by atoms with van der Waals surface area (Å²) in [5, 5.41) is 0. The molecule has 0 radical (unpaired) electrons. The van der Waals surface area contributed by atoms with E-state index >= 15 is 0 Å². The van der Waals surface area contributed by atoms with Crippen LogP contribution in [0.5, 0.6) is 0 Å². The molecule has 0 amide bonds. The predicted octanol–water partition coefficient (Wildman–Crippen LogP) is 1.31. The van der Waals surface area contributed by atoms with Crippen LogP contribution in [0.2, 0.25) is 0 Å². The van der Waals surface area contributed by atoms with E-state index in [1.807, 2.05) is 0 Å². The normalized spacial score (nSPS) is 10.5. The van der Waals surface area contributed by atoms with E-state index in [2.05, 4.69) is 9.47 Å². The molecule has 0 saturated carbocycles. The number of hydrogen-bond donors (Lipinski definition) is 0. The second kappa shape index (κ2) is 18.8. The summed E-state index contributed by atoms with van der Waals surface area (Å²) < 4.78 is 27.9. The summed E-state index contributed by atoms with van der Waals surface area (Å²) in [5.41, 5.74) is -1.58. The highest BCUT2D eigenvalue weighted by Crippen LogP contribution is 2.15. The molecule has 34 heavy (non-hydrogen) atoms. The predicted molar refractivity (Wildman–Crippen MR) is 117 cm³/mol. The van der Waals surface area contributed by atoms with Crippen molar-refractivity contribution in [2.24, 2.45) is 0 Å². The van der Waals surface area contributed by atoms with E-state index in [1.165, 1.54) is 0 Å². The third kappa shape index (κ3) is 21.3. The van der Waals surface area contributed by atoms with Gasteiger partial charge in [-0.25, -0.2) is 9.59 Å². The Morgan fingerprint density at radius 1 is 0.647 bits per heavy atom. The van der Waals surface area contributed by atoms with Gasteiger partial charge < -0.3 is 28.4 Å². The Kier molecular flexibility index (Phi) is 18.5. The van der Waals surface area contributed by atoms with Gasteiger partial charge in [0.25, 0.3) is 12.9 Å². The van der Waals surface area contributed by atoms with Gasteiger partial charge in [-0.15, -0.1) is 23.2 Å². The summed E-state index contributed by atoms with van der Waals surface area (Å²) in [6.07, 6.45) is 0.644. The van der Waals surface area contributed by atoms with E-state index in [4.69, 9.17) is 42.1 Å². The van der Waals surface area contributed by atoms with Gasteiger partial charge in [-0.1, -0.05) is 0 Å². The Morgan fingerprint density at radius 3 is 1.44 bits per heavy atom. The minimum absolute atomic E-state index is 0.00410. The molecule has 0 aliphatic carbocycles. The van der Waals surface area contributed by atoms with Crippen molar-refractivity contribution in [2.45, 2.75) is 51.7 Å². The van der Waals surface area contributed by atoms with E-state index in [9.17, 15) is 28.8 Å². The number of ether oxygens (including phenoxy) is 6. The smallest absolute Gasteiger partial charge is 0.344 e. The zero-order chi connectivity index (χ0) is 26.6. The molecule has 0 saturated heterocycles. The molecule has 0 N–H and O–H groups in total. The Hall–Kier alpha value is -2.60. The Bertz CT molecular complexity index is 664. The summed E-state index contributed by atoms with van der Waals surface area (Å²) in [7, 11) is 0. The lowest BCUT2D eigenvalue weighted by atomic mass is 10.1. The van der Waals surface area contributed by atoms with Crippen molar-refractivity contribution in [1.29, 1.82) is 0 Å². The third-order valence-corrected chi connectivity index (χ3v) is 3.91. The molecule has 0 aliphatic rings. The second-order valence-corrected chi connectivity index (χ2v) is 8.02. The monoisotopic (exact) mass is 532 g/mol. The maximum Gasteiger partial charge on any atom is 0.344 e. The summed E-state index contributed by atoms with van der Waals surface area (Å²) in [4.78, 5) is 63.5. The van der Waals surface area contributed by atoms with Crippen molar-refractivity contribution < 1.29 is 57.2 Å². The van der Waals surface area contributed by atoms with Crippen LogP contribution in [0.15, 0.2) is 0 Å². The lowest BCUT2D eigenvalue weighted by Crippen LogP contribution is -2.32. The average molecular weight is 533 g/mol. The standard InChI is InChI=1S/C11H16O8.C9H14Cl2O4/c1-11(2,19-10(15)6-17-8-13)3-4-18-9(14)5-16-7-12;1-9(2,15-8(13)6-11)3-4-14-7(12)5-10/h7-8H,3-6H2,1-2H3;3-6H2,1-2H3. The third-order valence-electron chi connectivity index (χ3n) is 3.47. The van der Waals surface area contributed by atoms with E-state index < -0.39 is 48.3 Å². The molecule has 0 fully saturated rings. The van der Waals surface area contributed by atoms with Gasteiger partial charge in [-0.2, -0.15) is 0 Å². The fraction of sp³-hybridized carbons (Fsp3) is 0.700. The van der Waals surface area contributed by atoms with Crippen LogP contribution in [-0.2, 0) is 57.2 Å². The van der Waals surface area contributed by atoms with Gasteiger partial charge in [0.2, 0.25) is 0 Å². The number of rotatable bonds is 16. The minimum Gasteiger partial charge on any atom is -0.465 e. The number of hydrogen-bond acceptors (Lipinski definition) is 12. The van der Waals surface area contributed by atoms with Crippen molar-refractivity contribution in [3.05, 3.63) is 0 Å². The van der Waals surface area contributed by atoms with Crippen LogP contribution < -0.4 is 0 Å². The van der Waals surface area contributed by atoms with Crippen LogP contribution in [0.25, 0.3) is 0 Å². The summed E-state index contributed by atoms with van der Waals surface area (Å²) in [6.45, 7) is 6.16. The molecule has 0 aromatic heterocycles. The highest BCUT2D eigenvalue weighted by molar-refractivity contribution is 6.26. The molecule has 12 nitrogen and oxygen atoms in total. The van der Waals surface area contributed by atoms with Gasteiger partial charge in [-0.3, -0.25) is 19.2 Å². The number of carbonyl (C=O) groups excluding carboxylic acids is 6. The van der Waals surface area contributed by atoms with Crippen LogP contribution in [0.3, 0.4) is 0 Å². The summed E-state index contributed by atoms with van der Waals surface area (Å²) >= 11 is 10.5. The van der Waals surface area contributed by atoms with Crippen molar-refractivity contribution >= 4 is 60.0 Å². The molecule has 196 valence electrons. The zero-order valence-corrected chi connectivity index (χ0v) is 21.0. The molecule has 0 bridgehead atoms. The average Bonchev–Trinajstić information content (AvgIpc) is 2.75. The fourth-order valence-electron chi connectivity index (χ4n) is 1.88. The topological polar surface area (TPSA) is 158 Å². The Morgan fingerprint density at radius 2 is 1.03 bits per heavy atom. The van der Waals surface area contributed by atoms with Crippen molar-refractivity contribution in [1.82, 2.24) is 0 Å².